The van der Waals surface area contributed by atoms with Gasteiger partial charge in [0.15, 0.2) is 0 Å². The molecule has 1 unspecified atom stereocenters. The van der Waals surface area contributed by atoms with Crippen molar-refractivity contribution in [1.82, 2.24) is 5.32 Å². The predicted octanol–water partition coefficient (Wildman–Crippen LogP) is 5.36. The van der Waals surface area contributed by atoms with E-state index in [-0.39, 0.29) is 6.04 Å². The minimum Gasteiger partial charge on any atom is -0.307 e. The van der Waals surface area contributed by atoms with Gasteiger partial charge >= 0.3 is 0 Å². The fourth-order valence-corrected chi connectivity index (χ4v) is 3.55. The average molecular weight is 346 g/mol. The summed E-state index contributed by atoms with van der Waals surface area (Å²) in [4.78, 5) is 0. The lowest BCUT2D eigenvalue weighted by Crippen LogP contribution is -2.21. The van der Waals surface area contributed by atoms with Crippen LogP contribution in [0.5, 0.6) is 0 Å². The molecule has 0 spiro atoms. The second-order valence-corrected chi connectivity index (χ2v) is 6.49. The van der Waals surface area contributed by atoms with Crippen molar-refractivity contribution >= 4 is 38.0 Å². The van der Waals surface area contributed by atoms with E-state index < -0.39 is 0 Å². The summed E-state index contributed by atoms with van der Waals surface area (Å²) in [6, 6.07) is 15.6. The first-order chi connectivity index (χ1) is 9.78. The van der Waals surface area contributed by atoms with E-state index in [1.165, 1.54) is 21.9 Å². The first-order valence-corrected chi connectivity index (χ1v) is 8.46. The highest BCUT2D eigenvalue weighted by atomic mass is 79.9. The van der Waals surface area contributed by atoms with E-state index in [9.17, 15) is 0 Å². The summed E-state index contributed by atoms with van der Waals surface area (Å²) in [6.45, 7) is 3.11. The second kappa shape index (κ2) is 6.08. The largest absolute Gasteiger partial charge is 0.307 e. The molecule has 0 saturated heterocycles. The number of benzene rings is 2. The van der Waals surface area contributed by atoms with Crippen LogP contribution in [0.2, 0.25) is 0 Å². The molecule has 0 fully saturated rings. The zero-order valence-electron chi connectivity index (χ0n) is 11.3. The Bertz CT molecular complexity index is 706. The van der Waals surface area contributed by atoms with Crippen molar-refractivity contribution < 1.29 is 0 Å². The van der Waals surface area contributed by atoms with Crippen LogP contribution in [-0.4, -0.2) is 6.54 Å². The molecule has 0 aliphatic heterocycles. The zero-order valence-corrected chi connectivity index (χ0v) is 13.7. The highest BCUT2D eigenvalue weighted by Crippen LogP contribution is 2.28. The zero-order chi connectivity index (χ0) is 13.9. The van der Waals surface area contributed by atoms with E-state index in [4.69, 9.17) is 0 Å². The third-order valence-electron chi connectivity index (χ3n) is 3.44. The molecule has 0 radical (unpaired) electrons. The van der Waals surface area contributed by atoms with Crippen molar-refractivity contribution in [2.75, 3.05) is 6.54 Å². The van der Waals surface area contributed by atoms with Gasteiger partial charge in [0, 0.05) is 4.47 Å². The van der Waals surface area contributed by atoms with Crippen molar-refractivity contribution in [3.05, 3.63) is 68.8 Å². The number of fused-ring (bicyclic) bond motifs is 1. The Kier molecular flexibility index (Phi) is 4.20. The van der Waals surface area contributed by atoms with Crippen LogP contribution in [0.15, 0.2) is 57.7 Å². The van der Waals surface area contributed by atoms with Gasteiger partial charge in [0.2, 0.25) is 0 Å². The Hall–Kier alpha value is -1.16. The molecule has 3 rings (SSSR count). The van der Waals surface area contributed by atoms with Gasteiger partial charge in [-0.1, -0.05) is 41.1 Å². The standard InChI is InChI=1S/C17H16BrNS/c1-2-19-17(15-7-8-20-11-15)14-4-3-13-10-16(18)6-5-12(13)9-14/h3-11,17,19H,2H2,1H3. The summed E-state index contributed by atoms with van der Waals surface area (Å²) >= 11 is 5.27. The van der Waals surface area contributed by atoms with Gasteiger partial charge in [-0.15, -0.1) is 0 Å². The van der Waals surface area contributed by atoms with Gasteiger partial charge in [-0.3, -0.25) is 0 Å². The molecule has 102 valence electrons. The summed E-state index contributed by atoms with van der Waals surface area (Å²) in [6.07, 6.45) is 0. The minimum absolute atomic E-state index is 0.277. The van der Waals surface area contributed by atoms with E-state index in [1.54, 1.807) is 11.3 Å². The Morgan fingerprint density at radius 2 is 1.85 bits per heavy atom. The lowest BCUT2D eigenvalue weighted by Gasteiger charge is -2.18. The summed E-state index contributed by atoms with van der Waals surface area (Å²) in [7, 11) is 0. The molecular formula is C17H16BrNS. The molecule has 2 aromatic carbocycles. The molecule has 3 heteroatoms. The van der Waals surface area contributed by atoms with Crippen LogP contribution in [0, 0.1) is 0 Å². The second-order valence-electron chi connectivity index (χ2n) is 4.80. The first-order valence-electron chi connectivity index (χ1n) is 6.72. The topological polar surface area (TPSA) is 12.0 Å². The normalized spacial score (nSPS) is 12.7. The van der Waals surface area contributed by atoms with Crippen molar-refractivity contribution in [1.29, 1.82) is 0 Å². The highest BCUT2D eigenvalue weighted by Gasteiger charge is 2.13. The number of thiophene rings is 1. The van der Waals surface area contributed by atoms with Gasteiger partial charge in [-0.25, -0.2) is 0 Å². The summed E-state index contributed by atoms with van der Waals surface area (Å²) < 4.78 is 1.12. The molecule has 0 bridgehead atoms. The number of rotatable bonds is 4. The van der Waals surface area contributed by atoms with Crippen LogP contribution < -0.4 is 5.32 Å². The Balaban J connectivity index is 2.05. The van der Waals surface area contributed by atoms with Gasteiger partial charge in [0.1, 0.15) is 0 Å². The highest BCUT2D eigenvalue weighted by molar-refractivity contribution is 9.10. The molecule has 1 atom stereocenters. The third-order valence-corrected chi connectivity index (χ3v) is 4.64. The van der Waals surface area contributed by atoms with Gasteiger partial charge in [0.25, 0.3) is 0 Å². The van der Waals surface area contributed by atoms with Crippen LogP contribution in [0.1, 0.15) is 24.1 Å². The third kappa shape index (κ3) is 2.80. The van der Waals surface area contributed by atoms with E-state index >= 15 is 0 Å². The van der Waals surface area contributed by atoms with Crippen molar-refractivity contribution in [2.24, 2.45) is 0 Å². The Morgan fingerprint density at radius 3 is 2.60 bits per heavy atom. The summed E-state index contributed by atoms with van der Waals surface area (Å²) in [5, 5.41) is 10.5. The maximum atomic E-state index is 3.57. The van der Waals surface area contributed by atoms with E-state index in [0.29, 0.717) is 0 Å². The molecule has 0 saturated carbocycles. The van der Waals surface area contributed by atoms with E-state index in [0.717, 1.165) is 11.0 Å². The van der Waals surface area contributed by atoms with Crippen LogP contribution in [0.4, 0.5) is 0 Å². The maximum absolute atomic E-state index is 3.57. The van der Waals surface area contributed by atoms with Crippen molar-refractivity contribution in [3.8, 4) is 0 Å². The Morgan fingerprint density at radius 1 is 1.05 bits per heavy atom. The molecule has 0 amide bonds. The lowest BCUT2D eigenvalue weighted by atomic mass is 9.98. The molecular weight excluding hydrogens is 330 g/mol. The number of nitrogens with one attached hydrogen (secondary N) is 1. The molecule has 1 N–H and O–H groups in total. The molecule has 1 nitrogen and oxygen atoms in total. The van der Waals surface area contributed by atoms with Gasteiger partial charge in [0.05, 0.1) is 6.04 Å². The molecule has 3 aromatic rings. The van der Waals surface area contributed by atoms with Crippen LogP contribution in [-0.2, 0) is 0 Å². The van der Waals surface area contributed by atoms with E-state index in [2.05, 4.69) is 81.4 Å². The van der Waals surface area contributed by atoms with Gasteiger partial charge < -0.3 is 5.32 Å². The SMILES string of the molecule is CCNC(c1ccsc1)c1ccc2cc(Br)ccc2c1. The lowest BCUT2D eigenvalue weighted by molar-refractivity contribution is 0.633. The monoisotopic (exact) mass is 345 g/mol. The fraction of sp³-hybridized carbons (Fsp3) is 0.176. The first kappa shape index (κ1) is 13.8. The molecule has 0 aliphatic carbocycles. The maximum Gasteiger partial charge on any atom is 0.0585 e. The Labute approximate surface area is 131 Å². The van der Waals surface area contributed by atoms with Crippen LogP contribution in [0.25, 0.3) is 10.8 Å². The minimum atomic E-state index is 0.277. The van der Waals surface area contributed by atoms with Crippen LogP contribution >= 0.6 is 27.3 Å². The quantitative estimate of drug-likeness (QED) is 0.670. The summed E-state index contributed by atoms with van der Waals surface area (Å²) in [5.41, 5.74) is 2.66. The van der Waals surface area contributed by atoms with Gasteiger partial charge in [-0.05, 0) is 63.5 Å². The fourth-order valence-electron chi connectivity index (χ4n) is 2.49. The smallest absolute Gasteiger partial charge is 0.0585 e. The summed E-state index contributed by atoms with van der Waals surface area (Å²) in [5.74, 6) is 0. The van der Waals surface area contributed by atoms with Crippen molar-refractivity contribution in [3.63, 3.8) is 0 Å². The van der Waals surface area contributed by atoms with Crippen LogP contribution in [0.3, 0.4) is 0 Å². The average Bonchev–Trinajstić information content (AvgIpc) is 2.98. The molecule has 1 heterocycles. The number of hydrogen-bond donors (Lipinski definition) is 1. The number of halogens is 1. The van der Waals surface area contributed by atoms with E-state index in [1.807, 2.05) is 0 Å². The van der Waals surface area contributed by atoms with Crippen molar-refractivity contribution in [2.45, 2.75) is 13.0 Å². The predicted molar refractivity (Wildman–Crippen MR) is 91.5 cm³/mol. The number of hydrogen-bond acceptors (Lipinski definition) is 2. The molecule has 1 aromatic heterocycles. The van der Waals surface area contributed by atoms with Gasteiger partial charge in [-0.2, -0.15) is 11.3 Å². The molecule has 20 heavy (non-hydrogen) atoms. The molecule has 0 aliphatic rings.